The van der Waals surface area contributed by atoms with E-state index in [1.165, 1.54) is 28.3 Å². The Bertz CT molecular complexity index is 1670. The van der Waals surface area contributed by atoms with E-state index in [4.69, 9.17) is 4.74 Å². The molecule has 7 nitrogen and oxygen atoms in total. The summed E-state index contributed by atoms with van der Waals surface area (Å²) < 4.78 is 37.5. The number of nitrogens with zero attached hydrogens (tertiary/aromatic N) is 3. The van der Waals surface area contributed by atoms with Crippen molar-refractivity contribution in [3.63, 3.8) is 0 Å². The second-order valence-electron chi connectivity index (χ2n) is 9.13. The maximum Gasteiger partial charge on any atom is 0.278 e. The molecule has 2 aromatic heterocycles. The standard InChI is InChI=1S/C27H19F2N3O4S/c28-18-6-5-17-21(22(18)29)26-16(8-12-37-26)14-3-1-2-4-15(14)23(17)32-20-13-36-11-10-30(20)27(35)24-25(34)19(33)7-9-31(24)32/h1-9,12,20,23,34H,10-11,13H2/t20-,23-/m1/s1. The minimum absolute atomic E-state index is 0.150. The van der Waals surface area contributed by atoms with Crippen molar-refractivity contribution in [2.45, 2.75) is 12.2 Å². The summed E-state index contributed by atoms with van der Waals surface area (Å²) in [5, 5.41) is 14.4. The topological polar surface area (TPSA) is 75.0 Å². The van der Waals surface area contributed by atoms with Crippen LogP contribution < -0.4 is 10.4 Å². The van der Waals surface area contributed by atoms with Gasteiger partial charge < -0.3 is 14.7 Å². The lowest BCUT2D eigenvalue weighted by molar-refractivity contribution is -0.0196. The van der Waals surface area contributed by atoms with Gasteiger partial charge in [-0.3, -0.25) is 19.3 Å². The number of fused-ring (bicyclic) bond motifs is 7. The fraction of sp³-hybridized carbons (Fsp3) is 0.185. The minimum Gasteiger partial charge on any atom is -0.502 e. The number of carbonyl (C=O) groups is 1. The van der Waals surface area contributed by atoms with Gasteiger partial charge in [0.1, 0.15) is 6.17 Å². The molecule has 1 amide bonds. The molecule has 2 atom stereocenters. The van der Waals surface area contributed by atoms with E-state index < -0.39 is 40.9 Å². The number of thiophene rings is 1. The second kappa shape index (κ2) is 7.99. The zero-order chi connectivity index (χ0) is 25.4. The summed E-state index contributed by atoms with van der Waals surface area (Å²) >= 11 is 1.33. The van der Waals surface area contributed by atoms with E-state index in [1.54, 1.807) is 11.0 Å². The number of hydrogen-bond donors (Lipinski definition) is 1. The first-order valence-corrected chi connectivity index (χ1v) is 12.6. The lowest BCUT2D eigenvalue weighted by Crippen LogP contribution is -2.66. The fourth-order valence-electron chi connectivity index (χ4n) is 5.70. The molecule has 0 radical (unpaired) electrons. The second-order valence-corrected chi connectivity index (χ2v) is 10.1. The van der Waals surface area contributed by atoms with Crippen LogP contribution in [0.15, 0.2) is 64.9 Å². The van der Waals surface area contributed by atoms with E-state index in [1.807, 2.05) is 40.7 Å². The van der Waals surface area contributed by atoms with Gasteiger partial charge in [0.25, 0.3) is 5.91 Å². The number of aromatic hydroxyl groups is 1. The highest BCUT2D eigenvalue weighted by Gasteiger charge is 2.46. The van der Waals surface area contributed by atoms with Gasteiger partial charge in [0, 0.05) is 34.8 Å². The molecule has 186 valence electrons. The lowest BCUT2D eigenvalue weighted by Gasteiger charge is -2.51. The number of hydrogen-bond acceptors (Lipinski definition) is 6. The van der Waals surface area contributed by atoms with Crippen LogP contribution in [0.5, 0.6) is 5.75 Å². The summed E-state index contributed by atoms with van der Waals surface area (Å²) in [4.78, 5) is 28.0. The molecule has 1 aliphatic carbocycles. The number of amides is 1. The zero-order valence-corrected chi connectivity index (χ0v) is 20.0. The molecule has 0 saturated carbocycles. The Kier molecular flexibility index (Phi) is 4.79. The first kappa shape index (κ1) is 22.2. The Morgan fingerprint density at radius 2 is 1.84 bits per heavy atom. The first-order valence-electron chi connectivity index (χ1n) is 11.7. The van der Waals surface area contributed by atoms with E-state index in [2.05, 4.69) is 0 Å². The van der Waals surface area contributed by atoms with Gasteiger partial charge in [-0.25, -0.2) is 8.78 Å². The Morgan fingerprint density at radius 1 is 1.00 bits per heavy atom. The number of pyridine rings is 1. The molecule has 0 bridgehead atoms. The fourth-order valence-corrected chi connectivity index (χ4v) is 6.67. The molecule has 1 saturated heterocycles. The smallest absolute Gasteiger partial charge is 0.278 e. The average Bonchev–Trinajstić information content (AvgIpc) is 3.35. The van der Waals surface area contributed by atoms with Crippen LogP contribution in [0.2, 0.25) is 0 Å². The molecule has 1 fully saturated rings. The van der Waals surface area contributed by atoms with Gasteiger partial charge in [-0.05, 0) is 34.2 Å². The summed E-state index contributed by atoms with van der Waals surface area (Å²) in [5.74, 6) is -3.06. The molecule has 3 aliphatic rings. The van der Waals surface area contributed by atoms with Crippen LogP contribution in [0.4, 0.5) is 8.78 Å². The van der Waals surface area contributed by atoms with Gasteiger partial charge in [0.05, 0.1) is 19.3 Å². The van der Waals surface area contributed by atoms with Gasteiger partial charge in [-0.15, -0.1) is 11.3 Å². The average molecular weight is 520 g/mol. The van der Waals surface area contributed by atoms with Crippen molar-refractivity contribution in [1.82, 2.24) is 9.58 Å². The van der Waals surface area contributed by atoms with Crippen molar-refractivity contribution in [2.24, 2.45) is 0 Å². The molecule has 4 aromatic rings. The molecule has 0 spiro atoms. The van der Waals surface area contributed by atoms with Crippen LogP contribution in [-0.2, 0) is 4.74 Å². The Balaban J connectivity index is 1.59. The molecule has 10 heteroatoms. The maximum absolute atomic E-state index is 15.6. The summed E-state index contributed by atoms with van der Waals surface area (Å²) in [6.45, 7) is 0.690. The SMILES string of the molecule is O=C1c2c(O)c(=O)ccn2N([C@@H]2c3ccccc3-c3ccsc3-c3c2ccc(F)c3F)[C@@H]2COCCN12. The summed E-state index contributed by atoms with van der Waals surface area (Å²) in [6.07, 6.45) is 0.801. The van der Waals surface area contributed by atoms with Gasteiger partial charge in [0.15, 0.2) is 23.1 Å². The highest BCUT2D eigenvalue weighted by molar-refractivity contribution is 7.14. The quantitative estimate of drug-likeness (QED) is 0.410. The number of morpholine rings is 1. The van der Waals surface area contributed by atoms with Crippen molar-refractivity contribution in [2.75, 3.05) is 24.8 Å². The Hall–Kier alpha value is -4.02. The number of rotatable bonds is 1. The molecular weight excluding hydrogens is 500 g/mol. The normalized spacial score (nSPS) is 19.9. The van der Waals surface area contributed by atoms with Crippen LogP contribution in [0.1, 0.15) is 27.7 Å². The van der Waals surface area contributed by atoms with Gasteiger partial charge in [0.2, 0.25) is 5.43 Å². The third kappa shape index (κ3) is 2.99. The summed E-state index contributed by atoms with van der Waals surface area (Å²) in [5.41, 5.74) is 2.22. The molecule has 7 rings (SSSR count). The predicted molar refractivity (Wildman–Crippen MR) is 133 cm³/mol. The van der Waals surface area contributed by atoms with Gasteiger partial charge >= 0.3 is 0 Å². The van der Waals surface area contributed by atoms with Crippen molar-refractivity contribution in [3.05, 3.63) is 98.8 Å². The van der Waals surface area contributed by atoms with Crippen molar-refractivity contribution in [1.29, 1.82) is 0 Å². The number of ether oxygens (including phenoxy) is 1. The number of carbonyl (C=O) groups excluding carboxylic acids is 1. The molecule has 0 unspecified atom stereocenters. The first-order chi connectivity index (χ1) is 18.0. The molecule has 1 N–H and O–H groups in total. The molecule has 2 aliphatic heterocycles. The monoisotopic (exact) mass is 519 g/mol. The van der Waals surface area contributed by atoms with Crippen molar-refractivity contribution in [3.8, 4) is 27.3 Å². The van der Waals surface area contributed by atoms with E-state index in [0.29, 0.717) is 17.0 Å². The van der Waals surface area contributed by atoms with Gasteiger partial charge in [-0.2, -0.15) is 0 Å². The molecule has 2 aromatic carbocycles. The number of halogens is 2. The van der Waals surface area contributed by atoms with Crippen LogP contribution in [0, 0.1) is 11.6 Å². The highest BCUT2D eigenvalue weighted by atomic mass is 32.1. The Morgan fingerprint density at radius 3 is 2.70 bits per heavy atom. The van der Waals surface area contributed by atoms with Crippen molar-refractivity contribution < 1.29 is 23.4 Å². The zero-order valence-electron chi connectivity index (χ0n) is 19.2. The van der Waals surface area contributed by atoms with Crippen molar-refractivity contribution >= 4 is 17.2 Å². The highest BCUT2D eigenvalue weighted by Crippen LogP contribution is 2.51. The molecule has 4 heterocycles. The predicted octanol–water partition coefficient (Wildman–Crippen LogP) is 4.08. The lowest BCUT2D eigenvalue weighted by atomic mass is 9.92. The summed E-state index contributed by atoms with van der Waals surface area (Å²) in [7, 11) is 0. The number of benzene rings is 2. The van der Waals surface area contributed by atoms with Crippen LogP contribution >= 0.6 is 11.3 Å². The molecule has 37 heavy (non-hydrogen) atoms. The largest absolute Gasteiger partial charge is 0.502 e. The van der Waals surface area contributed by atoms with Crippen LogP contribution in [0.25, 0.3) is 21.6 Å². The third-order valence-corrected chi connectivity index (χ3v) is 8.23. The minimum atomic E-state index is -0.957. The Labute approximate surface area is 213 Å². The van der Waals surface area contributed by atoms with E-state index >= 15 is 4.39 Å². The van der Waals surface area contributed by atoms with Gasteiger partial charge in [-0.1, -0.05) is 30.3 Å². The van der Waals surface area contributed by atoms with E-state index in [-0.39, 0.29) is 24.4 Å². The molecular formula is C27H19F2N3O4S. The maximum atomic E-state index is 15.6. The van der Waals surface area contributed by atoms with Crippen LogP contribution in [-0.4, -0.2) is 46.5 Å². The number of aromatic nitrogens is 1. The van der Waals surface area contributed by atoms with Crippen LogP contribution in [0.3, 0.4) is 0 Å². The van der Waals surface area contributed by atoms with E-state index in [0.717, 1.165) is 22.8 Å². The third-order valence-electron chi connectivity index (χ3n) is 7.30. The van der Waals surface area contributed by atoms with E-state index in [9.17, 15) is 19.1 Å². The summed E-state index contributed by atoms with van der Waals surface area (Å²) in [6, 6.07) is 12.6.